The van der Waals surface area contributed by atoms with Crippen LogP contribution in [0.3, 0.4) is 0 Å². The number of benzene rings is 3. The van der Waals surface area contributed by atoms with E-state index in [9.17, 15) is 5.26 Å². The molecule has 0 fully saturated rings. The second-order valence-electron chi connectivity index (χ2n) is 6.49. The van der Waals surface area contributed by atoms with Gasteiger partial charge in [0.25, 0.3) is 0 Å². The second-order valence-corrected chi connectivity index (χ2v) is 8.25. The van der Waals surface area contributed by atoms with Crippen LogP contribution >= 0.6 is 39.1 Å². The Hall–Kier alpha value is -2.78. The molecule has 1 heterocycles. The lowest BCUT2D eigenvalue weighted by atomic mass is 10.1. The molecule has 30 heavy (non-hydrogen) atoms. The third-order valence-electron chi connectivity index (χ3n) is 4.40. The van der Waals surface area contributed by atoms with E-state index in [1.54, 1.807) is 18.2 Å². The van der Waals surface area contributed by atoms with Gasteiger partial charge in [0, 0.05) is 15.1 Å². The Morgan fingerprint density at radius 2 is 1.90 bits per heavy atom. The second kappa shape index (κ2) is 8.93. The normalized spacial score (nSPS) is 11.5. The van der Waals surface area contributed by atoms with Gasteiger partial charge in [0.2, 0.25) is 0 Å². The number of hydrogen-bond donors (Lipinski definition) is 1. The molecular formula is C23H14BrCl2N3O. The summed E-state index contributed by atoms with van der Waals surface area (Å²) in [6, 6.07) is 20.9. The predicted octanol–water partition coefficient (Wildman–Crippen LogP) is 7.28. The van der Waals surface area contributed by atoms with E-state index in [2.05, 4.69) is 32.0 Å². The van der Waals surface area contributed by atoms with Crippen LogP contribution in [0.15, 0.2) is 65.1 Å². The fourth-order valence-corrected chi connectivity index (χ4v) is 3.79. The van der Waals surface area contributed by atoms with Gasteiger partial charge in [-0.2, -0.15) is 5.26 Å². The van der Waals surface area contributed by atoms with Crippen molar-refractivity contribution in [2.75, 3.05) is 0 Å². The molecule has 0 saturated heterocycles. The molecule has 0 unspecified atom stereocenters. The van der Waals surface area contributed by atoms with Crippen molar-refractivity contribution in [3.05, 3.63) is 92.1 Å². The molecule has 1 N–H and O–H groups in total. The lowest BCUT2D eigenvalue weighted by Gasteiger charge is -2.12. The van der Waals surface area contributed by atoms with Crippen molar-refractivity contribution in [1.29, 1.82) is 5.26 Å². The predicted molar refractivity (Wildman–Crippen MR) is 125 cm³/mol. The third-order valence-corrected chi connectivity index (χ3v) is 5.43. The van der Waals surface area contributed by atoms with Crippen LogP contribution in [0, 0.1) is 11.3 Å². The molecule has 0 aliphatic rings. The van der Waals surface area contributed by atoms with Gasteiger partial charge in [0.1, 0.15) is 24.3 Å². The van der Waals surface area contributed by atoms with Crippen LogP contribution < -0.4 is 4.74 Å². The van der Waals surface area contributed by atoms with E-state index in [1.807, 2.05) is 48.5 Å². The number of aromatic amines is 1. The average Bonchev–Trinajstić information content (AvgIpc) is 3.16. The number of nitriles is 1. The Labute approximate surface area is 191 Å². The van der Waals surface area contributed by atoms with Gasteiger partial charge >= 0.3 is 0 Å². The number of halogens is 3. The van der Waals surface area contributed by atoms with E-state index < -0.39 is 0 Å². The zero-order chi connectivity index (χ0) is 21.1. The van der Waals surface area contributed by atoms with Gasteiger partial charge in [0.05, 0.1) is 21.6 Å². The summed E-state index contributed by atoms with van der Waals surface area (Å²) in [5, 5.41) is 10.6. The van der Waals surface area contributed by atoms with Crippen LogP contribution in [0.1, 0.15) is 17.0 Å². The standard InChI is InChI=1S/C23H14BrCl2N3O/c24-17-7-5-14(6-8-17)13-30-22-15(10-18(25)11-19(22)26)9-16(12-27)23-28-20-3-1-2-4-21(20)29-23/h1-11H,13H2,(H,28,29)/b16-9+. The quantitative estimate of drug-likeness (QED) is 0.294. The highest BCUT2D eigenvalue weighted by Gasteiger charge is 2.13. The van der Waals surface area contributed by atoms with E-state index in [0.29, 0.717) is 39.4 Å². The molecule has 0 atom stereocenters. The zero-order valence-electron chi connectivity index (χ0n) is 15.5. The molecule has 0 amide bonds. The molecule has 0 aliphatic carbocycles. The molecule has 3 aromatic carbocycles. The van der Waals surface area contributed by atoms with Gasteiger partial charge in [-0.1, -0.05) is 63.4 Å². The number of imidazole rings is 1. The van der Waals surface area contributed by atoms with Gasteiger partial charge in [-0.15, -0.1) is 0 Å². The number of para-hydroxylation sites is 2. The number of rotatable bonds is 5. The molecule has 4 aromatic rings. The van der Waals surface area contributed by atoms with Crippen molar-refractivity contribution in [2.24, 2.45) is 0 Å². The molecule has 0 aliphatic heterocycles. The van der Waals surface area contributed by atoms with E-state index in [-0.39, 0.29) is 0 Å². The molecule has 4 nitrogen and oxygen atoms in total. The first-order chi connectivity index (χ1) is 14.5. The number of ether oxygens (including phenoxy) is 1. The van der Waals surface area contributed by atoms with Gasteiger partial charge in [-0.05, 0) is 48.0 Å². The van der Waals surface area contributed by atoms with Gasteiger partial charge < -0.3 is 9.72 Å². The largest absolute Gasteiger partial charge is 0.487 e. The number of hydrogen-bond acceptors (Lipinski definition) is 3. The summed E-state index contributed by atoms with van der Waals surface area (Å²) in [7, 11) is 0. The first-order valence-corrected chi connectivity index (χ1v) is 10.5. The number of H-pyrrole nitrogens is 1. The molecule has 0 bridgehead atoms. The number of nitrogens with zero attached hydrogens (tertiary/aromatic N) is 2. The van der Waals surface area contributed by atoms with E-state index >= 15 is 0 Å². The van der Waals surface area contributed by atoms with Crippen LogP contribution in [0.2, 0.25) is 10.0 Å². The van der Waals surface area contributed by atoms with Gasteiger partial charge in [0.15, 0.2) is 0 Å². The van der Waals surface area contributed by atoms with Crippen molar-refractivity contribution >= 4 is 61.8 Å². The molecule has 0 spiro atoms. The Balaban J connectivity index is 1.71. The van der Waals surface area contributed by atoms with Crippen molar-refractivity contribution in [2.45, 2.75) is 6.61 Å². The van der Waals surface area contributed by atoms with Crippen LogP contribution in [-0.2, 0) is 6.61 Å². The molecular weight excluding hydrogens is 485 g/mol. The lowest BCUT2D eigenvalue weighted by Crippen LogP contribution is -1.98. The average molecular weight is 499 g/mol. The molecule has 0 radical (unpaired) electrons. The SMILES string of the molecule is N#C/C(=C\c1cc(Cl)cc(Cl)c1OCc1ccc(Br)cc1)c1nc2ccccc2[nH]1. The summed E-state index contributed by atoms with van der Waals surface area (Å²) in [4.78, 5) is 7.66. The molecule has 1 aromatic heterocycles. The highest BCUT2D eigenvalue weighted by atomic mass is 79.9. The third kappa shape index (κ3) is 4.52. The minimum absolute atomic E-state index is 0.321. The van der Waals surface area contributed by atoms with Crippen LogP contribution in [0.5, 0.6) is 5.75 Å². The number of allylic oxidation sites excluding steroid dienone is 1. The molecule has 7 heteroatoms. The Morgan fingerprint density at radius 1 is 1.13 bits per heavy atom. The lowest BCUT2D eigenvalue weighted by molar-refractivity contribution is 0.306. The summed E-state index contributed by atoms with van der Waals surface area (Å²) >= 11 is 16.0. The topological polar surface area (TPSA) is 61.7 Å². The van der Waals surface area contributed by atoms with Crippen LogP contribution in [0.25, 0.3) is 22.7 Å². The van der Waals surface area contributed by atoms with E-state index in [4.69, 9.17) is 27.9 Å². The van der Waals surface area contributed by atoms with Gasteiger partial charge in [-0.25, -0.2) is 4.98 Å². The summed E-state index contributed by atoms with van der Waals surface area (Å²) < 4.78 is 6.99. The molecule has 4 rings (SSSR count). The van der Waals surface area contributed by atoms with Crippen molar-refractivity contribution < 1.29 is 4.74 Å². The fourth-order valence-electron chi connectivity index (χ4n) is 2.97. The minimum atomic E-state index is 0.321. The monoisotopic (exact) mass is 497 g/mol. The summed E-state index contributed by atoms with van der Waals surface area (Å²) in [5.41, 5.74) is 3.56. The summed E-state index contributed by atoms with van der Waals surface area (Å²) in [6.07, 6.45) is 1.67. The smallest absolute Gasteiger partial charge is 0.149 e. The maximum atomic E-state index is 9.74. The highest BCUT2D eigenvalue weighted by Crippen LogP contribution is 2.35. The fraction of sp³-hybridized carbons (Fsp3) is 0.0435. The maximum absolute atomic E-state index is 9.74. The van der Waals surface area contributed by atoms with Crippen molar-refractivity contribution in [3.63, 3.8) is 0 Å². The van der Waals surface area contributed by atoms with Crippen molar-refractivity contribution in [1.82, 2.24) is 9.97 Å². The maximum Gasteiger partial charge on any atom is 0.149 e. The molecule has 0 saturated carbocycles. The van der Waals surface area contributed by atoms with Crippen LogP contribution in [-0.4, -0.2) is 9.97 Å². The summed E-state index contributed by atoms with van der Waals surface area (Å²) in [5.74, 6) is 0.918. The van der Waals surface area contributed by atoms with Crippen LogP contribution in [0.4, 0.5) is 0 Å². The summed E-state index contributed by atoms with van der Waals surface area (Å²) in [6.45, 7) is 0.321. The number of fused-ring (bicyclic) bond motifs is 1. The van der Waals surface area contributed by atoms with Crippen molar-refractivity contribution in [3.8, 4) is 11.8 Å². The Morgan fingerprint density at radius 3 is 2.63 bits per heavy atom. The van der Waals surface area contributed by atoms with E-state index in [0.717, 1.165) is 21.1 Å². The Bertz CT molecular complexity index is 1260. The minimum Gasteiger partial charge on any atom is -0.487 e. The highest BCUT2D eigenvalue weighted by molar-refractivity contribution is 9.10. The zero-order valence-corrected chi connectivity index (χ0v) is 18.6. The molecule has 148 valence electrons. The van der Waals surface area contributed by atoms with Gasteiger partial charge in [-0.3, -0.25) is 0 Å². The first-order valence-electron chi connectivity index (χ1n) is 8.96. The van der Waals surface area contributed by atoms with E-state index in [1.165, 1.54) is 0 Å². The first kappa shape index (κ1) is 20.5. The number of aromatic nitrogens is 2. The number of nitrogens with one attached hydrogen (secondary N) is 1. The Kier molecular flexibility index (Phi) is 6.10.